The molecular weight excluding hydrogens is 323 g/mol. The molecule has 2 N–H and O–H groups in total. The highest BCUT2D eigenvalue weighted by molar-refractivity contribution is 5.98. The summed E-state index contributed by atoms with van der Waals surface area (Å²) in [7, 11) is 0. The van der Waals surface area contributed by atoms with E-state index in [1.165, 1.54) is 12.1 Å². The molecule has 2 aromatic rings. The highest BCUT2D eigenvalue weighted by Gasteiger charge is 2.24. The third kappa shape index (κ3) is 4.03. The molecule has 1 aliphatic rings. The molecule has 0 fully saturated rings. The van der Waals surface area contributed by atoms with Crippen molar-refractivity contribution in [1.82, 2.24) is 0 Å². The number of halogens is 1. The Morgan fingerprint density at radius 1 is 1.20 bits per heavy atom. The van der Waals surface area contributed by atoms with Crippen LogP contribution in [0.1, 0.15) is 24.0 Å². The van der Waals surface area contributed by atoms with Crippen molar-refractivity contribution in [3.63, 3.8) is 0 Å². The second kappa shape index (κ2) is 7.44. The summed E-state index contributed by atoms with van der Waals surface area (Å²) in [6.07, 6.45) is 0.963. The number of fused-ring (bicyclic) bond motifs is 1. The average molecular weight is 342 g/mol. The van der Waals surface area contributed by atoms with E-state index in [2.05, 4.69) is 5.32 Å². The van der Waals surface area contributed by atoms with Crippen molar-refractivity contribution in [3.05, 3.63) is 59.4 Å². The number of aryl methyl sites for hydroxylation is 1. The van der Waals surface area contributed by atoms with Crippen LogP contribution in [0.3, 0.4) is 0 Å². The molecule has 3 rings (SSSR count). The zero-order chi connectivity index (χ0) is 17.8. The molecule has 0 saturated heterocycles. The Bertz CT molecular complexity index is 807. The number of benzene rings is 2. The maximum absolute atomic E-state index is 13.4. The van der Waals surface area contributed by atoms with Gasteiger partial charge in [-0.25, -0.2) is 4.39 Å². The molecule has 2 amide bonds. The van der Waals surface area contributed by atoms with Crippen LogP contribution < -0.4 is 10.2 Å². The molecule has 1 aliphatic heterocycles. The molecule has 25 heavy (non-hydrogen) atoms. The van der Waals surface area contributed by atoms with Crippen LogP contribution >= 0.6 is 0 Å². The first-order valence-electron chi connectivity index (χ1n) is 8.15. The smallest absolute Gasteiger partial charge is 0.227 e. The minimum absolute atomic E-state index is 0.0609. The second-order valence-electron chi connectivity index (χ2n) is 5.98. The van der Waals surface area contributed by atoms with E-state index in [1.807, 2.05) is 0 Å². The molecule has 2 aromatic carbocycles. The van der Waals surface area contributed by atoms with Gasteiger partial charge in [-0.2, -0.15) is 0 Å². The monoisotopic (exact) mass is 342 g/mol. The number of rotatable bonds is 5. The maximum Gasteiger partial charge on any atom is 0.227 e. The number of carbonyl (C=O) groups is 2. The zero-order valence-corrected chi connectivity index (χ0v) is 13.7. The standard InChI is InChI=1S/C19H19FN2O3/c20-15-5-6-17-14(11-15)4-7-19(25)22(17)9-8-18(24)21-16-3-1-2-13(10-16)12-23/h1-3,5-6,10-11,23H,4,7-9,12H2,(H,21,24). The first-order chi connectivity index (χ1) is 12.1. The molecule has 0 aromatic heterocycles. The van der Waals surface area contributed by atoms with Gasteiger partial charge >= 0.3 is 0 Å². The van der Waals surface area contributed by atoms with Gasteiger partial charge in [0.25, 0.3) is 0 Å². The lowest BCUT2D eigenvalue weighted by Gasteiger charge is -2.29. The average Bonchev–Trinajstić information content (AvgIpc) is 2.61. The van der Waals surface area contributed by atoms with Gasteiger partial charge < -0.3 is 15.3 Å². The van der Waals surface area contributed by atoms with E-state index >= 15 is 0 Å². The first-order valence-corrected chi connectivity index (χ1v) is 8.15. The van der Waals surface area contributed by atoms with Crippen molar-refractivity contribution in [2.24, 2.45) is 0 Å². The fraction of sp³-hybridized carbons (Fsp3) is 0.263. The maximum atomic E-state index is 13.4. The normalized spacial score (nSPS) is 13.5. The van der Waals surface area contributed by atoms with E-state index in [0.29, 0.717) is 29.8 Å². The van der Waals surface area contributed by atoms with E-state index in [4.69, 9.17) is 5.11 Å². The van der Waals surface area contributed by atoms with Crippen molar-refractivity contribution in [2.75, 3.05) is 16.8 Å². The lowest BCUT2D eigenvalue weighted by atomic mass is 10.0. The largest absolute Gasteiger partial charge is 0.392 e. The molecule has 0 saturated carbocycles. The lowest BCUT2D eigenvalue weighted by molar-refractivity contribution is -0.119. The molecule has 0 spiro atoms. The van der Waals surface area contributed by atoms with Crippen molar-refractivity contribution in [3.8, 4) is 0 Å². The Labute approximate surface area is 145 Å². The van der Waals surface area contributed by atoms with Crippen LogP contribution in [0.5, 0.6) is 0 Å². The second-order valence-corrected chi connectivity index (χ2v) is 5.98. The summed E-state index contributed by atoms with van der Waals surface area (Å²) < 4.78 is 13.4. The van der Waals surface area contributed by atoms with Gasteiger partial charge in [0, 0.05) is 30.8 Å². The molecule has 130 valence electrons. The van der Waals surface area contributed by atoms with Gasteiger partial charge in [0.15, 0.2) is 0 Å². The minimum atomic E-state index is -0.324. The summed E-state index contributed by atoms with van der Waals surface area (Å²) in [4.78, 5) is 25.9. The van der Waals surface area contributed by atoms with E-state index in [0.717, 1.165) is 5.56 Å². The molecular formula is C19H19FN2O3. The topological polar surface area (TPSA) is 69.6 Å². The van der Waals surface area contributed by atoms with Crippen molar-refractivity contribution < 1.29 is 19.1 Å². The number of aliphatic hydroxyl groups excluding tert-OH is 1. The molecule has 5 nitrogen and oxygen atoms in total. The number of nitrogens with zero attached hydrogens (tertiary/aromatic N) is 1. The SMILES string of the molecule is O=C(CCN1C(=O)CCc2cc(F)ccc21)Nc1cccc(CO)c1. The van der Waals surface area contributed by atoms with Gasteiger partial charge in [0.1, 0.15) is 5.82 Å². The Morgan fingerprint density at radius 3 is 2.84 bits per heavy atom. The van der Waals surface area contributed by atoms with Gasteiger partial charge in [0.2, 0.25) is 11.8 Å². The first kappa shape index (κ1) is 17.1. The van der Waals surface area contributed by atoms with Crippen LogP contribution in [0, 0.1) is 5.82 Å². The van der Waals surface area contributed by atoms with Gasteiger partial charge in [-0.15, -0.1) is 0 Å². The van der Waals surface area contributed by atoms with Crippen LogP contribution in [0.4, 0.5) is 15.8 Å². The molecule has 0 unspecified atom stereocenters. The van der Waals surface area contributed by atoms with Gasteiger partial charge in [-0.05, 0) is 47.9 Å². The fourth-order valence-corrected chi connectivity index (χ4v) is 2.96. The highest BCUT2D eigenvalue weighted by atomic mass is 19.1. The predicted molar refractivity (Wildman–Crippen MR) is 92.7 cm³/mol. The molecule has 0 atom stereocenters. The molecule has 1 heterocycles. The van der Waals surface area contributed by atoms with Crippen molar-refractivity contribution in [1.29, 1.82) is 0 Å². The number of nitrogens with one attached hydrogen (secondary N) is 1. The third-order valence-corrected chi connectivity index (χ3v) is 4.20. The molecule has 0 radical (unpaired) electrons. The summed E-state index contributed by atoms with van der Waals surface area (Å²) in [5, 5.41) is 11.9. The van der Waals surface area contributed by atoms with E-state index < -0.39 is 0 Å². The third-order valence-electron chi connectivity index (χ3n) is 4.20. The Hall–Kier alpha value is -2.73. The van der Waals surface area contributed by atoms with Crippen LogP contribution in [-0.4, -0.2) is 23.5 Å². The molecule has 0 aliphatic carbocycles. The quantitative estimate of drug-likeness (QED) is 0.878. The fourth-order valence-electron chi connectivity index (χ4n) is 2.96. The Morgan fingerprint density at radius 2 is 2.04 bits per heavy atom. The number of amides is 2. The number of hydrogen-bond donors (Lipinski definition) is 2. The number of hydrogen-bond acceptors (Lipinski definition) is 3. The summed E-state index contributed by atoms with van der Waals surface area (Å²) in [5.74, 6) is -0.610. The predicted octanol–water partition coefficient (Wildman–Crippen LogP) is 2.63. The van der Waals surface area contributed by atoms with Gasteiger partial charge in [-0.3, -0.25) is 9.59 Å². The number of aliphatic hydroxyl groups is 1. The van der Waals surface area contributed by atoms with E-state index in [1.54, 1.807) is 35.2 Å². The van der Waals surface area contributed by atoms with Crippen LogP contribution in [0.15, 0.2) is 42.5 Å². The summed E-state index contributed by atoms with van der Waals surface area (Å²) >= 11 is 0. The lowest BCUT2D eigenvalue weighted by Crippen LogP contribution is -2.37. The van der Waals surface area contributed by atoms with Crippen molar-refractivity contribution in [2.45, 2.75) is 25.9 Å². The number of carbonyl (C=O) groups excluding carboxylic acids is 2. The van der Waals surface area contributed by atoms with Gasteiger partial charge in [-0.1, -0.05) is 12.1 Å². The minimum Gasteiger partial charge on any atom is -0.392 e. The summed E-state index contributed by atoms with van der Waals surface area (Å²) in [6, 6.07) is 11.3. The van der Waals surface area contributed by atoms with Crippen LogP contribution in [0.25, 0.3) is 0 Å². The number of anilines is 2. The summed E-state index contributed by atoms with van der Waals surface area (Å²) in [6.45, 7) is 0.141. The van der Waals surface area contributed by atoms with E-state index in [9.17, 15) is 14.0 Å². The zero-order valence-electron chi connectivity index (χ0n) is 13.7. The van der Waals surface area contributed by atoms with Gasteiger partial charge in [0.05, 0.1) is 6.61 Å². The van der Waals surface area contributed by atoms with E-state index in [-0.39, 0.29) is 37.2 Å². The van der Waals surface area contributed by atoms with Crippen LogP contribution in [0.2, 0.25) is 0 Å². The molecule has 0 bridgehead atoms. The highest BCUT2D eigenvalue weighted by Crippen LogP contribution is 2.28. The Kier molecular flexibility index (Phi) is 5.09. The van der Waals surface area contributed by atoms with Crippen molar-refractivity contribution >= 4 is 23.2 Å². The van der Waals surface area contributed by atoms with Crippen LogP contribution in [-0.2, 0) is 22.6 Å². The summed E-state index contributed by atoms with van der Waals surface area (Å²) in [5.41, 5.74) is 2.77. The Balaban J connectivity index is 1.65. The molecule has 6 heteroatoms.